The molecular weight excluding hydrogens is 280 g/mol. The minimum atomic E-state index is -3.77. The van der Waals surface area contributed by atoms with E-state index >= 15 is 0 Å². The Morgan fingerprint density at radius 2 is 1.90 bits per heavy atom. The zero-order valence-corrected chi connectivity index (χ0v) is 12.1. The molecule has 110 valence electrons. The highest BCUT2D eigenvalue weighted by Gasteiger charge is 2.56. The molecule has 0 atom stereocenters. The lowest BCUT2D eigenvalue weighted by atomic mass is 9.84. The van der Waals surface area contributed by atoms with Crippen molar-refractivity contribution in [2.45, 2.75) is 35.8 Å². The van der Waals surface area contributed by atoms with Crippen LogP contribution in [0.5, 0.6) is 0 Å². The van der Waals surface area contributed by atoms with E-state index in [1.807, 2.05) is 6.92 Å². The number of carbonyl (C=O) groups excluding carboxylic acids is 1. The second kappa shape index (κ2) is 5.54. The van der Waals surface area contributed by atoms with E-state index in [9.17, 15) is 13.2 Å². The zero-order valence-electron chi connectivity index (χ0n) is 11.3. The maximum absolute atomic E-state index is 12.7. The number of carbonyl (C=O) groups is 1. The van der Waals surface area contributed by atoms with Gasteiger partial charge < -0.3 is 9.84 Å². The van der Waals surface area contributed by atoms with Gasteiger partial charge in [0.2, 0.25) is 0 Å². The Labute approximate surface area is 118 Å². The molecule has 6 heteroatoms. The van der Waals surface area contributed by atoms with Crippen LogP contribution in [0.15, 0.2) is 29.2 Å². The van der Waals surface area contributed by atoms with Crippen molar-refractivity contribution in [3.8, 4) is 0 Å². The maximum Gasteiger partial charge on any atom is 0.327 e. The molecule has 0 amide bonds. The number of ether oxygens (including phenoxy) is 1. The van der Waals surface area contributed by atoms with Crippen LogP contribution in [0.25, 0.3) is 0 Å². The lowest BCUT2D eigenvalue weighted by Gasteiger charge is -2.38. The molecule has 2 rings (SSSR count). The number of esters is 1. The third-order valence-corrected chi connectivity index (χ3v) is 6.20. The molecule has 0 spiro atoms. The number of aliphatic hydroxyl groups excluding tert-OH is 1. The van der Waals surface area contributed by atoms with Gasteiger partial charge in [0.1, 0.15) is 6.61 Å². The summed E-state index contributed by atoms with van der Waals surface area (Å²) in [6, 6.07) is 6.45. The molecular formula is C14H18O5S. The van der Waals surface area contributed by atoms with Crippen molar-refractivity contribution in [1.82, 2.24) is 0 Å². The molecule has 0 heterocycles. The van der Waals surface area contributed by atoms with Crippen molar-refractivity contribution in [1.29, 1.82) is 0 Å². The summed E-state index contributed by atoms with van der Waals surface area (Å²) in [7, 11) is -3.77. The second-order valence-corrected chi connectivity index (χ2v) is 7.28. The van der Waals surface area contributed by atoms with Crippen LogP contribution < -0.4 is 0 Å². The average Bonchev–Trinajstić information content (AvgIpc) is 2.35. The SMILES string of the molecule is Cc1ccc(S(=O)(=O)C2(C(=O)OCCO)CCC2)cc1. The van der Waals surface area contributed by atoms with E-state index in [4.69, 9.17) is 9.84 Å². The van der Waals surface area contributed by atoms with Crippen LogP contribution in [0.3, 0.4) is 0 Å². The number of aliphatic hydroxyl groups is 1. The van der Waals surface area contributed by atoms with Crippen LogP contribution in [0.1, 0.15) is 24.8 Å². The van der Waals surface area contributed by atoms with E-state index < -0.39 is 20.6 Å². The summed E-state index contributed by atoms with van der Waals surface area (Å²) in [5.74, 6) is -0.752. The molecule has 1 aliphatic rings. The first kappa shape index (κ1) is 15.0. The molecule has 0 aliphatic heterocycles. The van der Waals surface area contributed by atoms with Crippen molar-refractivity contribution < 1.29 is 23.1 Å². The number of rotatable bonds is 5. The molecule has 0 saturated heterocycles. The van der Waals surface area contributed by atoms with Gasteiger partial charge in [-0.3, -0.25) is 4.79 Å². The van der Waals surface area contributed by atoms with Gasteiger partial charge >= 0.3 is 5.97 Å². The van der Waals surface area contributed by atoms with Gasteiger partial charge in [0.05, 0.1) is 11.5 Å². The molecule has 1 saturated carbocycles. The first-order chi connectivity index (χ1) is 9.44. The summed E-state index contributed by atoms with van der Waals surface area (Å²) in [5, 5.41) is 8.70. The van der Waals surface area contributed by atoms with E-state index in [1.54, 1.807) is 12.1 Å². The predicted octanol–water partition coefficient (Wildman–Crippen LogP) is 1.23. The quantitative estimate of drug-likeness (QED) is 0.827. The Morgan fingerprint density at radius 3 is 2.35 bits per heavy atom. The van der Waals surface area contributed by atoms with Gasteiger partial charge in [0.25, 0.3) is 0 Å². The average molecular weight is 298 g/mol. The summed E-state index contributed by atoms with van der Waals surface area (Å²) in [5.41, 5.74) is 0.953. The van der Waals surface area contributed by atoms with Crippen LogP contribution in [0.4, 0.5) is 0 Å². The summed E-state index contributed by atoms with van der Waals surface area (Å²) >= 11 is 0. The second-order valence-electron chi connectivity index (χ2n) is 5.02. The van der Waals surface area contributed by atoms with E-state index in [2.05, 4.69) is 0 Å². The number of sulfone groups is 1. The van der Waals surface area contributed by atoms with E-state index in [-0.39, 0.29) is 31.0 Å². The topological polar surface area (TPSA) is 80.7 Å². The first-order valence-corrected chi connectivity index (χ1v) is 8.02. The summed E-state index contributed by atoms with van der Waals surface area (Å²) in [6.07, 6.45) is 1.22. The minimum Gasteiger partial charge on any atom is -0.462 e. The molecule has 1 aromatic rings. The maximum atomic E-state index is 12.7. The van der Waals surface area contributed by atoms with Crippen LogP contribution in [0.2, 0.25) is 0 Å². The van der Waals surface area contributed by atoms with Crippen molar-refractivity contribution in [2.75, 3.05) is 13.2 Å². The first-order valence-electron chi connectivity index (χ1n) is 6.53. The largest absolute Gasteiger partial charge is 0.462 e. The molecule has 1 aliphatic carbocycles. The molecule has 0 radical (unpaired) electrons. The van der Waals surface area contributed by atoms with Crippen LogP contribution in [-0.2, 0) is 19.4 Å². The lowest BCUT2D eigenvalue weighted by molar-refractivity contribution is -0.150. The fraction of sp³-hybridized carbons (Fsp3) is 0.500. The Kier molecular flexibility index (Phi) is 4.15. The van der Waals surface area contributed by atoms with Gasteiger partial charge in [-0.05, 0) is 38.3 Å². The molecule has 1 N–H and O–H groups in total. The van der Waals surface area contributed by atoms with Crippen LogP contribution in [0, 0.1) is 6.92 Å². The summed E-state index contributed by atoms with van der Waals surface area (Å²) in [6.45, 7) is 1.38. The van der Waals surface area contributed by atoms with Gasteiger partial charge in [-0.15, -0.1) is 0 Å². The van der Waals surface area contributed by atoms with Crippen molar-refractivity contribution in [2.24, 2.45) is 0 Å². The van der Waals surface area contributed by atoms with Gasteiger partial charge in [-0.1, -0.05) is 17.7 Å². The highest BCUT2D eigenvalue weighted by atomic mass is 32.2. The number of hydrogen-bond donors (Lipinski definition) is 1. The normalized spacial score (nSPS) is 17.3. The molecule has 0 bridgehead atoms. The fourth-order valence-corrected chi connectivity index (χ4v) is 4.34. The van der Waals surface area contributed by atoms with Gasteiger partial charge in [0, 0.05) is 0 Å². The van der Waals surface area contributed by atoms with Crippen molar-refractivity contribution in [3.63, 3.8) is 0 Å². The summed E-state index contributed by atoms with van der Waals surface area (Å²) in [4.78, 5) is 12.2. The lowest BCUT2D eigenvalue weighted by Crippen LogP contribution is -2.53. The van der Waals surface area contributed by atoms with E-state index in [0.29, 0.717) is 6.42 Å². The summed E-state index contributed by atoms with van der Waals surface area (Å²) < 4.78 is 28.8. The van der Waals surface area contributed by atoms with Gasteiger partial charge in [-0.2, -0.15) is 0 Å². The van der Waals surface area contributed by atoms with E-state index in [0.717, 1.165) is 5.56 Å². The van der Waals surface area contributed by atoms with Crippen LogP contribution in [-0.4, -0.2) is 37.5 Å². The molecule has 20 heavy (non-hydrogen) atoms. The monoisotopic (exact) mass is 298 g/mol. The number of benzene rings is 1. The molecule has 0 aromatic heterocycles. The Balaban J connectivity index is 2.35. The van der Waals surface area contributed by atoms with Crippen molar-refractivity contribution >= 4 is 15.8 Å². The van der Waals surface area contributed by atoms with E-state index in [1.165, 1.54) is 12.1 Å². The Hall–Kier alpha value is -1.40. The fourth-order valence-electron chi connectivity index (χ4n) is 2.29. The van der Waals surface area contributed by atoms with Gasteiger partial charge in [-0.25, -0.2) is 8.42 Å². The molecule has 0 unspecified atom stereocenters. The highest BCUT2D eigenvalue weighted by molar-refractivity contribution is 7.93. The zero-order chi connectivity index (χ0) is 14.8. The smallest absolute Gasteiger partial charge is 0.327 e. The Morgan fingerprint density at radius 1 is 1.30 bits per heavy atom. The highest BCUT2D eigenvalue weighted by Crippen LogP contribution is 2.43. The van der Waals surface area contributed by atoms with Crippen LogP contribution >= 0.6 is 0 Å². The third kappa shape index (κ3) is 2.33. The minimum absolute atomic E-state index is 0.142. The molecule has 5 nitrogen and oxygen atoms in total. The third-order valence-electron chi connectivity index (χ3n) is 3.70. The number of aryl methyl sites for hydroxylation is 1. The van der Waals surface area contributed by atoms with Crippen molar-refractivity contribution in [3.05, 3.63) is 29.8 Å². The molecule has 1 aromatic carbocycles. The standard InChI is InChI=1S/C14H18O5S/c1-11-3-5-12(6-4-11)20(17,18)14(7-2-8-14)13(16)19-10-9-15/h3-6,15H,2,7-10H2,1H3. The Bertz CT molecular complexity index is 584. The number of hydrogen-bond acceptors (Lipinski definition) is 5. The molecule has 1 fully saturated rings. The van der Waals surface area contributed by atoms with Gasteiger partial charge in [0.15, 0.2) is 14.6 Å². The predicted molar refractivity (Wildman–Crippen MR) is 73.0 cm³/mol.